The number of ketones is 1. The second-order valence-corrected chi connectivity index (χ2v) is 3.93. The van der Waals surface area contributed by atoms with Gasteiger partial charge in [0.25, 0.3) is 0 Å². The van der Waals surface area contributed by atoms with E-state index in [0.29, 0.717) is 16.0 Å². The fourth-order valence-electron chi connectivity index (χ4n) is 1.27. The van der Waals surface area contributed by atoms with Crippen molar-refractivity contribution in [2.24, 2.45) is 0 Å². The molecule has 0 spiro atoms. The molecule has 3 nitrogen and oxygen atoms in total. The predicted molar refractivity (Wildman–Crippen MR) is 52.3 cm³/mol. The largest absolute Gasteiger partial charge is 0.457 e. The molecule has 2 heterocycles. The third-order valence-electron chi connectivity index (χ3n) is 2.13. The number of ether oxygens (including phenoxy) is 1. The molecule has 0 fully saturated rings. The number of esters is 1. The zero-order valence-corrected chi connectivity index (χ0v) is 8.39. The standard InChI is InChI=1S/C10H8O3S/c1-6-7(5-13-10(6)12)9(11)8-3-2-4-14-8/h2-4H,5H2,1H3. The molecule has 72 valence electrons. The lowest BCUT2D eigenvalue weighted by Crippen LogP contribution is -2.03. The van der Waals surface area contributed by atoms with Crippen LogP contribution in [0, 0.1) is 0 Å². The van der Waals surface area contributed by atoms with E-state index in [4.69, 9.17) is 4.74 Å². The zero-order chi connectivity index (χ0) is 10.1. The van der Waals surface area contributed by atoms with Crippen molar-refractivity contribution in [1.82, 2.24) is 0 Å². The number of carbonyl (C=O) groups is 2. The van der Waals surface area contributed by atoms with Gasteiger partial charge in [0.1, 0.15) is 6.61 Å². The van der Waals surface area contributed by atoms with Crippen LogP contribution < -0.4 is 0 Å². The van der Waals surface area contributed by atoms with Crippen LogP contribution in [-0.2, 0) is 9.53 Å². The molecule has 14 heavy (non-hydrogen) atoms. The number of rotatable bonds is 2. The summed E-state index contributed by atoms with van der Waals surface area (Å²) in [6.07, 6.45) is 0. The Morgan fingerprint density at radius 3 is 2.86 bits per heavy atom. The molecular formula is C10H8O3S. The van der Waals surface area contributed by atoms with Crippen LogP contribution in [0.15, 0.2) is 28.7 Å². The molecule has 0 aliphatic carbocycles. The second kappa shape index (κ2) is 3.38. The van der Waals surface area contributed by atoms with Gasteiger partial charge in [-0.1, -0.05) is 6.07 Å². The molecule has 0 atom stereocenters. The Labute approximate surface area is 85.0 Å². The maximum Gasteiger partial charge on any atom is 0.334 e. The molecule has 0 unspecified atom stereocenters. The van der Waals surface area contributed by atoms with E-state index in [9.17, 15) is 9.59 Å². The first-order valence-corrected chi connectivity index (χ1v) is 5.03. The lowest BCUT2D eigenvalue weighted by molar-refractivity contribution is -0.135. The minimum absolute atomic E-state index is 0.0941. The van der Waals surface area contributed by atoms with E-state index < -0.39 is 0 Å². The van der Waals surface area contributed by atoms with Crippen molar-refractivity contribution in [2.45, 2.75) is 6.92 Å². The van der Waals surface area contributed by atoms with Gasteiger partial charge in [0.2, 0.25) is 5.78 Å². The molecule has 1 aliphatic heterocycles. The van der Waals surface area contributed by atoms with E-state index in [0.717, 1.165) is 0 Å². The summed E-state index contributed by atoms with van der Waals surface area (Å²) < 4.78 is 4.77. The van der Waals surface area contributed by atoms with Gasteiger partial charge >= 0.3 is 5.97 Å². The van der Waals surface area contributed by atoms with Crippen LogP contribution in [0.2, 0.25) is 0 Å². The van der Waals surface area contributed by atoms with Gasteiger partial charge in [0.05, 0.1) is 4.88 Å². The number of Topliss-reactive ketones (excluding diaryl/α,β-unsaturated/α-hetero) is 1. The zero-order valence-electron chi connectivity index (χ0n) is 7.57. The molecule has 1 aromatic rings. The van der Waals surface area contributed by atoms with Crippen molar-refractivity contribution in [3.63, 3.8) is 0 Å². The van der Waals surface area contributed by atoms with Gasteiger partial charge in [-0.2, -0.15) is 0 Å². The maximum atomic E-state index is 11.8. The summed E-state index contributed by atoms with van der Waals surface area (Å²) in [6, 6.07) is 3.56. The van der Waals surface area contributed by atoms with Gasteiger partial charge in [-0.25, -0.2) is 4.79 Å². The van der Waals surface area contributed by atoms with Crippen LogP contribution in [0.3, 0.4) is 0 Å². The van der Waals surface area contributed by atoms with Crippen molar-refractivity contribution in [1.29, 1.82) is 0 Å². The lowest BCUT2D eigenvalue weighted by atomic mass is 10.1. The molecule has 0 amide bonds. The predicted octanol–water partition coefficient (Wildman–Crippen LogP) is 1.80. The number of thiophene rings is 1. The summed E-state index contributed by atoms with van der Waals surface area (Å²) in [6.45, 7) is 1.73. The average molecular weight is 208 g/mol. The van der Waals surface area contributed by atoms with Crippen molar-refractivity contribution in [3.8, 4) is 0 Å². The van der Waals surface area contributed by atoms with Crippen LogP contribution in [0.1, 0.15) is 16.6 Å². The Kier molecular flexibility index (Phi) is 2.21. The van der Waals surface area contributed by atoms with Crippen molar-refractivity contribution in [2.75, 3.05) is 6.61 Å². The van der Waals surface area contributed by atoms with Gasteiger partial charge in [-0.3, -0.25) is 4.79 Å². The summed E-state index contributed by atoms with van der Waals surface area (Å²) in [4.78, 5) is 23.5. The normalized spacial score (nSPS) is 15.9. The summed E-state index contributed by atoms with van der Waals surface area (Å²) in [7, 11) is 0. The number of hydrogen-bond donors (Lipinski definition) is 0. The van der Waals surface area contributed by atoms with E-state index in [1.54, 1.807) is 13.0 Å². The first-order chi connectivity index (χ1) is 6.70. The van der Waals surface area contributed by atoms with Crippen LogP contribution >= 0.6 is 11.3 Å². The van der Waals surface area contributed by atoms with Crippen LogP contribution in [0.5, 0.6) is 0 Å². The fraction of sp³-hybridized carbons (Fsp3) is 0.200. The van der Waals surface area contributed by atoms with Crippen molar-refractivity contribution >= 4 is 23.1 Å². The first kappa shape index (κ1) is 9.15. The van der Waals surface area contributed by atoms with E-state index >= 15 is 0 Å². The van der Waals surface area contributed by atoms with E-state index in [2.05, 4.69) is 0 Å². The second-order valence-electron chi connectivity index (χ2n) is 2.99. The lowest BCUT2D eigenvalue weighted by Gasteiger charge is -1.96. The molecule has 0 aromatic carbocycles. The van der Waals surface area contributed by atoms with Gasteiger partial charge in [0.15, 0.2) is 0 Å². The number of hydrogen-bond acceptors (Lipinski definition) is 4. The quantitative estimate of drug-likeness (QED) is 0.550. The molecule has 0 radical (unpaired) electrons. The minimum Gasteiger partial charge on any atom is -0.457 e. The smallest absolute Gasteiger partial charge is 0.334 e. The highest BCUT2D eigenvalue weighted by Gasteiger charge is 2.26. The molecule has 2 rings (SSSR count). The Hall–Kier alpha value is -1.42. The van der Waals surface area contributed by atoms with E-state index in [1.807, 2.05) is 11.4 Å². The Balaban J connectivity index is 2.34. The monoisotopic (exact) mass is 208 g/mol. The first-order valence-electron chi connectivity index (χ1n) is 4.15. The van der Waals surface area contributed by atoms with E-state index in [1.165, 1.54) is 11.3 Å². The molecule has 0 saturated carbocycles. The van der Waals surface area contributed by atoms with Crippen molar-refractivity contribution in [3.05, 3.63) is 33.5 Å². The SMILES string of the molecule is CC1=C(C(=O)c2cccs2)COC1=O. The van der Waals surface area contributed by atoms with Crippen LogP contribution in [0.4, 0.5) is 0 Å². The third-order valence-corrected chi connectivity index (χ3v) is 2.99. The Morgan fingerprint density at radius 2 is 2.36 bits per heavy atom. The van der Waals surface area contributed by atoms with Gasteiger partial charge in [-0.15, -0.1) is 11.3 Å². The van der Waals surface area contributed by atoms with Gasteiger partial charge in [-0.05, 0) is 18.4 Å². The third kappa shape index (κ3) is 1.37. The molecule has 0 N–H and O–H groups in total. The fourth-order valence-corrected chi connectivity index (χ4v) is 1.96. The van der Waals surface area contributed by atoms with Gasteiger partial charge < -0.3 is 4.74 Å². The highest BCUT2D eigenvalue weighted by molar-refractivity contribution is 7.12. The van der Waals surface area contributed by atoms with Crippen molar-refractivity contribution < 1.29 is 14.3 Å². The van der Waals surface area contributed by atoms with Gasteiger partial charge in [0, 0.05) is 11.1 Å². The Morgan fingerprint density at radius 1 is 1.57 bits per heavy atom. The molecule has 0 bridgehead atoms. The van der Waals surface area contributed by atoms with Crippen LogP contribution in [-0.4, -0.2) is 18.4 Å². The van der Waals surface area contributed by atoms with E-state index in [-0.39, 0.29) is 18.4 Å². The number of cyclic esters (lactones) is 1. The Bertz CT molecular complexity index is 415. The maximum absolute atomic E-state index is 11.8. The molecule has 4 heteroatoms. The summed E-state index contributed by atoms with van der Waals surface area (Å²) in [5, 5.41) is 1.83. The summed E-state index contributed by atoms with van der Waals surface area (Å²) in [5.41, 5.74) is 0.917. The average Bonchev–Trinajstić information content (AvgIpc) is 2.77. The van der Waals surface area contributed by atoms with Crippen LogP contribution in [0.25, 0.3) is 0 Å². The number of carbonyl (C=O) groups excluding carboxylic acids is 2. The summed E-state index contributed by atoms with van der Waals surface area (Å²) >= 11 is 1.37. The molecule has 0 saturated heterocycles. The summed E-state index contributed by atoms with van der Waals surface area (Å²) in [5.74, 6) is -0.478. The highest BCUT2D eigenvalue weighted by Crippen LogP contribution is 2.21. The highest BCUT2D eigenvalue weighted by atomic mass is 32.1. The minimum atomic E-state index is -0.384. The molecule has 1 aromatic heterocycles. The molecular weight excluding hydrogens is 200 g/mol. The molecule has 1 aliphatic rings. The topological polar surface area (TPSA) is 43.4 Å².